The SMILES string of the molecule is Cc1c(S)c(=O)n(-c2ccccc2)n1C. The number of rotatable bonds is 1. The van der Waals surface area contributed by atoms with E-state index in [9.17, 15) is 4.79 Å². The van der Waals surface area contributed by atoms with E-state index in [0.29, 0.717) is 4.90 Å². The van der Waals surface area contributed by atoms with Crippen molar-refractivity contribution in [2.75, 3.05) is 0 Å². The van der Waals surface area contributed by atoms with E-state index < -0.39 is 0 Å². The van der Waals surface area contributed by atoms with Gasteiger partial charge in [-0.05, 0) is 19.1 Å². The fourth-order valence-electron chi connectivity index (χ4n) is 1.55. The van der Waals surface area contributed by atoms with Gasteiger partial charge in [0.2, 0.25) is 0 Å². The van der Waals surface area contributed by atoms with Crippen molar-refractivity contribution in [1.82, 2.24) is 9.36 Å². The summed E-state index contributed by atoms with van der Waals surface area (Å²) in [6.45, 7) is 1.88. The first-order chi connectivity index (χ1) is 7.13. The van der Waals surface area contributed by atoms with Crippen molar-refractivity contribution in [1.29, 1.82) is 0 Å². The minimum Gasteiger partial charge on any atom is -0.284 e. The van der Waals surface area contributed by atoms with Gasteiger partial charge in [-0.2, -0.15) is 0 Å². The second-order valence-corrected chi connectivity index (χ2v) is 3.86. The molecule has 78 valence electrons. The van der Waals surface area contributed by atoms with Crippen LogP contribution in [-0.4, -0.2) is 9.36 Å². The van der Waals surface area contributed by atoms with Crippen LogP contribution < -0.4 is 5.56 Å². The smallest absolute Gasteiger partial charge is 0.284 e. The molecule has 0 saturated heterocycles. The Morgan fingerprint density at radius 1 is 1.20 bits per heavy atom. The molecule has 0 saturated carbocycles. The van der Waals surface area contributed by atoms with Crippen molar-refractivity contribution in [2.45, 2.75) is 11.8 Å². The predicted molar refractivity (Wildman–Crippen MR) is 63.0 cm³/mol. The molecule has 15 heavy (non-hydrogen) atoms. The van der Waals surface area contributed by atoms with Crippen molar-refractivity contribution >= 4 is 12.6 Å². The van der Waals surface area contributed by atoms with Gasteiger partial charge in [-0.15, -0.1) is 12.6 Å². The molecule has 2 aromatic rings. The third kappa shape index (κ3) is 1.51. The van der Waals surface area contributed by atoms with Crippen LogP contribution in [-0.2, 0) is 7.05 Å². The highest BCUT2D eigenvalue weighted by Gasteiger charge is 2.12. The zero-order valence-electron chi connectivity index (χ0n) is 8.64. The van der Waals surface area contributed by atoms with Crippen LogP contribution in [0, 0.1) is 6.92 Å². The van der Waals surface area contributed by atoms with Gasteiger partial charge in [-0.1, -0.05) is 18.2 Å². The van der Waals surface area contributed by atoms with Crippen LogP contribution in [0.1, 0.15) is 5.69 Å². The average Bonchev–Trinajstić information content (AvgIpc) is 2.45. The van der Waals surface area contributed by atoms with Crippen molar-refractivity contribution < 1.29 is 0 Å². The monoisotopic (exact) mass is 220 g/mol. The lowest BCUT2D eigenvalue weighted by Gasteiger charge is -2.07. The molecule has 0 amide bonds. The molecule has 0 radical (unpaired) electrons. The summed E-state index contributed by atoms with van der Waals surface area (Å²) in [5, 5.41) is 0. The predicted octanol–water partition coefficient (Wildman–Crippen LogP) is 1.77. The molecule has 1 aromatic carbocycles. The molecule has 3 nitrogen and oxygen atoms in total. The van der Waals surface area contributed by atoms with Crippen molar-refractivity contribution in [3.8, 4) is 5.69 Å². The van der Waals surface area contributed by atoms with Gasteiger partial charge in [-0.25, -0.2) is 4.68 Å². The molecule has 0 atom stereocenters. The molecule has 0 spiro atoms. The summed E-state index contributed by atoms with van der Waals surface area (Å²) in [5.74, 6) is 0. The zero-order chi connectivity index (χ0) is 11.0. The van der Waals surface area contributed by atoms with Gasteiger partial charge in [0, 0.05) is 7.05 Å². The third-order valence-electron chi connectivity index (χ3n) is 2.52. The number of thiol groups is 1. The topological polar surface area (TPSA) is 26.9 Å². The van der Waals surface area contributed by atoms with Gasteiger partial charge in [0.05, 0.1) is 16.3 Å². The maximum absolute atomic E-state index is 11.9. The molecular weight excluding hydrogens is 208 g/mol. The first-order valence-electron chi connectivity index (χ1n) is 4.66. The van der Waals surface area contributed by atoms with Crippen LogP contribution in [0.25, 0.3) is 5.69 Å². The highest BCUT2D eigenvalue weighted by Crippen LogP contribution is 2.11. The summed E-state index contributed by atoms with van der Waals surface area (Å²) in [7, 11) is 1.85. The van der Waals surface area contributed by atoms with Crippen molar-refractivity contribution in [2.24, 2.45) is 7.05 Å². The Morgan fingerprint density at radius 2 is 1.80 bits per heavy atom. The van der Waals surface area contributed by atoms with E-state index in [4.69, 9.17) is 0 Å². The summed E-state index contributed by atoms with van der Waals surface area (Å²) >= 11 is 4.20. The fraction of sp³-hybridized carbons (Fsp3) is 0.182. The number of nitrogens with zero attached hydrogens (tertiary/aromatic N) is 2. The van der Waals surface area contributed by atoms with E-state index in [0.717, 1.165) is 11.4 Å². The number of benzene rings is 1. The Labute approximate surface area is 93.4 Å². The van der Waals surface area contributed by atoms with Gasteiger partial charge in [0.1, 0.15) is 0 Å². The summed E-state index contributed by atoms with van der Waals surface area (Å²) in [5.41, 5.74) is 1.64. The Kier molecular flexibility index (Phi) is 2.44. The molecule has 0 N–H and O–H groups in total. The number of para-hydroxylation sites is 1. The van der Waals surface area contributed by atoms with Crippen molar-refractivity contribution in [3.05, 3.63) is 46.4 Å². The lowest BCUT2D eigenvalue weighted by atomic mass is 10.3. The van der Waals surface area contributed by atoms with E-state index in [1.54, 1.807) is 9.36 Å². The van der Waals surface area contributed by atoms with E-state index in [-0.39, 0.29) is 5.56 Å². The molecule has 0 aliphatic heterocycles. The van der Waals surface area contributed by atoms with Gasteiger partial charge >= 0.3 is 0 Å². The van der Waals surface area contributed by atoms with E-state index in [1.807, 2.05) is 44.3 Å². The summed E-state index contributed by atoms with van der Waals surface area (Å²) in [4.78, 5) is 12.4. The highest BCUT2D eigenvalue weighted by molar-refractivity contribution is 7.80. The maximum atomic E-state index is 11.9. The maximum Gasteiger partial charge on any atom is 0.285 e. The summed E-state index contributed by atoms with van der Waals surface area (Å²) in [6, 6.07) is 9.53. The number of aromatic nitrogens is 2. The minimum absolute atomic E-state index is 0.0791. The zero-order valence-corrected chi connectivity index (χ0v) is 9.53. The second kappa shape index (κ2) is 3.62. The van der Waals surface area contributed by atoms with Gasteiger partial charge in [-0.3, -0.25) is 9.48 Å². The first kappa shape index (κ1) is 10.1. The summed E-state index contributed by atoms with van der Waals surface area (Å²) < 4.78 is 3.41. The number of hydrogen-bond donors (Lipinski definition) is 1. The molecule has 0 fully saturated rings. The molecule has 1 heterocycles. The van der Waals surface area contributed by atoms with Crippen LogP contribution in [0.15, 0.2) is 40.0 Å². The van der Waals surface area contributed by atoms with Gasteiger partial charge in [0.25, 0.3) is 5.56 Å². The Hall–Kier alpha value is -1.42. The second-order valence-electron chi connectivity index (χ2n) is 3.41. The van der Waals surface area contributed by atoms with Gasteiger partial charge in [0.15, 0.2) is 0 Å². The molecule has 0 aliphatic carbocycles. The Balaban J connectivity index is 2.75. The highest BCUT2D eigenvalue weighted by atomic mass is 32.1. The normalized spacial score (nSPS) is 10.6. The van der Waals surface area contributed by atoms with Crippen molar-refractivity contribution in [3.63, 3.8) is 0 Å². The van der Waals surface area contributed by atoms with Crippen LogP contribution in [0.2, 0.25) is 0 Å². The molecule has 1 aromatic heterocycles. The largest absolute Gasteiger partial charge is 0.285 e. The summed E-state index contributed by atoms with van der Waals surface area (Å²) in [6.07, 6.45) is 0. The first-order valence-corrected chi connectivity index (χ1v) is 5.10. The van der Waals surface area contributed by atoms with E-state index in [2.05, 4.69) is 12.6 Å². The molecular formula is C11H12N2OS. The lowest BCUT2D eigenvalue weighted by Crippen LogP contribution is -2.19. The van der Waals surface area contributed by atoms with Crippen LogP contribution in [0.5, 0.6) is 0 Å². The average molecular weight is 220 g/mol. The molecule has 0 bridgehead atoms. The molecule has 4 heteroatoms. The fourth-order valence-corrected chi connectivity index (χ4v) is 1.79. The Bertz CT molecular complexity index is 540. The van der Waals surface area contributed by atoms with Crippen LogP contribution in [0.4, 0.5) is 0 Å². The Morgan fingerprint density at radius 3 is 2.27 bits per heavy atom. The number of hydrogen-bond acceptors (Lipinski definition) is 2. The minimum atomic E-state index is -0.0791. The lowest BCUT2D eigenvalue weighted by molar-refractivity contribution is 0.630. The van der Waals surface area contributed by atoms with E-state index >= 15 is 0 Å². The third-order valence-corrected chi connectivity index (χ3v) is 3.04. The molecule has 2 rings (SSSR count). The molecule has 0 unspecified atom stereocenters. The standard InChI is InChI=1S/C11H12N2OS/c1-8-10(15)11(14)13(12(8)2)9-6-4-3-5-7-9/h3-7,15H,1-2H3. The van der Waals surface area contributed by atoms with E-state index in [1.165, 1.54) is 0 Å². The van der Waals surface area contributed by atoms with Crippen LogP contribution >= 0.6 is 12.6 Å². The van der Waals surface area contributed by atoms with Crippen LogP contribution in [0.3, 0.4) is 0 Å². The van der Waals surface area contributed by atoms with Gasteiger partial charge < -0.3 is 0 Å². The quantitative estimate of drug-likeness (QED) is 0.729. The molecule has 0 aliphatic rings.